The number of hydrogen-bond donors (Lipinski definition) is 1. The summed E-state index contributed by atoms with van der Waals surface area (Å²) in [7, 11) is 3.96. The molecule has 1 aromatic carbocycles. The topological polar surface area (TPSA) is 30.9 Å². The van der Waals surface area contributed by atoms with Gasteiger partial charge in [0.25, 0.3) is 0 Å². The molecule has 1 N–H and O–H groups in total. The molecular formula is C18H31IN4. The van der Waals surface area contributed by atoms with Gasteiger partial charge in [0.05, 0.1) is 0 Å². The Morgan fingerprint density at radius 3 is 2.74 bits per heavy atom. The fourth-order valence-electron chi connectivity index (χ4n) is 3.16. The molecule has 1 heterocycles. The summed E-state index contributed by atoms with van der Waals surface area (Å²) in [6.45, 7) is 7.79. The van der Waals surface area contributed by atoms with Crippen molar-refractivity contribution in [3.8, 4) is 0 Å². The number of aliphatic imine (C=N–C) groups is 1. The normalized spacial score (nSPS) is 19.1. The Morgan fingerprint density at radius 1 is 1.35 bits per heavy atom. The smallest absolute Gasteiger partial charge is 0.193 e. The molecule has 0 spiro atoms. The highest BCUT2D eigenvalue weighted by atomic mass is 127. The molecule has 2 rings (SSSR count). The van der Waals surface area contributed by atoms with Crippen LogP contribution in [0.1, 0.15) is 25.3 Å². The van der Waals surface area contributed by atoms with Crippen LogP contribution in [-0.2, 0) is 6.54 Å². The number of hydrogen-bond acceptors (Lipinski definition) is 2. The van der Waals surface area contributed by atoms with Crippen molar-refractivity contribution in [2.45, 2.75) is 26.3 Å². The predicted molar refractivity (Wildman–Crippen MR) is 110 cm³/mol. The lowest BCUT2D eigenvalue weighted by molar-refractivity contribution is 0.183. The van der Waals surface area contributed by atoms with E-state index in [0.717, 1.165) is 25.0 Å². The number of piperidine rings is 1. The largest absolute Gasteiger partial charge is 0.356 e. The lowest BCUT2D eigenvalue weighted by atomic mass is 9.98. The van der Waals surface area contributed by atoms with Gasteiger partial charge in [-0.3, -0.25) is 4.99 Å². The Labute approximate surface area is 158 Å². The third kappa shape index (κ3) is 6.67. The number of rotatable bonds is 5. The molecule has 1 fully saturated rings. The molecular weight excluding hydrogens is 399 g/mol. The van der Waals surface area contributed by atoms with E-state index < -0.39 is 0 Å². The first-order chi connectivity index (χ1) is 10.7. The molecule has 0 aliphatic carbocycles. The Kier molecular flexibility index (Phi) is 9.55. The maximum Gasteiger partial charge on any atom is 0.193 e. The maximum atomic E-state index is 4.43. The second-order valence-corrected chi connectivity index (χ2v) is 6.17. The molecule has 1 aromatic rings. The number of guanidine groups is 1. The third-order valence-electron chi connectivity index (χ3n) is 4.44. The molecule has 0 aromatic heterocycles. The predicted octanol–water partition coefficient (Wildman–Crippen LogP) is 3.04. The number of halogens is 1. The van der Waals surface area contributed by atoms with Crippen molar-refractivity contribution in [2.75, 3.05) is 40.3 Å². The Morgan fingerprint density at radius 2 is 2.09 bits per heavy atom. The van der Waals surface area contributed by atoms with Gasteiger partial charge in [-0.1, -0.05) is 37.3 Å². The Hall–Kier alpha value is -0.820. The van der Waals surface area contributed by atoms with Crippen LogP contribution in [0.5, 0.6) is 0 Å². The van der Waals surface area contributed by atoms with Crippen LogP contribution in [0.3, 0.4) is 0 Å². The summed E-state index contributed by atoms with van der Waals surface area (Å²) >= 11 is 0. The first-order valence-electron chi connectivity index (χ1n) is 8.41. The van der Waals surface area contributed by atoms with Gasteiger partial charge in [0.15, 0.2) is 5.96 Å². The summed E-state index contributed by atoms with van der Waals surface area (Å²) in [5, 5.41) is 3.55. The van der Waals surface area contributed by atoms with Crippen molar-refractivity contribution in [3.05, 3.63) is 35.9 Å². The van der Waals surface area contributed by atoms with Crippen molar-refractivity contribution in [1.29, 1.82) is 0 Å². The Bertz CT molecular complexity index is 463. The molecule has 23 heavy (non-hydrogen) atoms. The minimum Gasteiger partial charge on any atom is -0.356 e. The van der Waals surface area contributed by atoms with E-state index in [9.17, 15) is 0 Å². The van der Waals surface area contributed by atoms with Crippen LogP contribution in [0.15, 0.2) is 35.3 Å². The van der Waals surface area contributed by atoms with Crippen LogP contribution in [0.25, 0.3) is 0 Å². The van der Waals surface area contributed by atoms with Crippen molar-refractivity contribution in [1.82, 2.24) is 15.1 Å². The second-order valence-electron chi connectivity index (χ2n) is 6.17. The molecule has 4 nitrogen and oxygen atoms in total. The fraction of sp³-hybridized carbons (Fsp3) is 0.611. The zero-order valence-corrected chi connectivity index (χ0v) is 17.0. The Balaban J connectivity index is 0.00000264. The molecule has 5 heteroatoms. The lowest BCUT2D eigenvalue weighted by Gasteiger charge is -2.33. The van der Waals surface area contributed by atoms with Gasteiger partial charge in [-0.25, -0.2) is 0 Å². The fourth-order valence-corrected chi connectivity index (χ4v) is 3.16. The van der Waals surface area contributed by atoms with E-state index in [2.05, 4.69) is 64.4 Å². The molecule has 1 unspecified atom stereocenters. The van der Waals surface area contributed by atoms with Gasteiger partial charge in [0.1, 0.15) is 0 Å². The molecule has 0 saturated carbocycles. The van der Waals surface area contributed by atoms with Gasteiger partial charge >= 0.3 is 0 Å². The summed E-state index contributed by atoms with van der Waals surface area (Å²) in [6.07, 6.45) is 2.64. The number of likely N-dealkylation sites (tertiary alicyclic amines) is 1. The monoisotopic (exact) mass is 430 g/mol. The van der Waals surface area contributed by atoms with E-state index >= 15 is 0 Å². The summed E-state index contributed by atoms with van der Waals surface area (Å²) in [5.74, 6) is 1.72. The van der Waals surface area contributed by atoms with Crippen molar-refractivity contribution in [3.63, 3.8) is 0 Å². The maximum absolute atomic E-state index is 4.43. The molecule has 130 valence electrons. The SMILES string of the molecule is CCN1CCCC(CNC(=NC)N(C)Cc2ccccc2)C1.I. The van der Waals surface area contributed by atoms with Gasteiger partial charge in [0, 0.05) is 33.7 Å². The molecule has 1 atom stereocenters. The summed E-state index contributed by atoms with van der Waals surface area (Å²) in [4.78, 5) is 9.16. The summed E-state index contributed by atoms with van der Waals surface area (Å²) in [5.41, 5.74) is 1.31. The van der Waals surface area contributed by atoms with Gasteiger partial charge in [-0.2, -0.15) is 0 Å². The average Bonchev–Trinajstić information content (AvgIpc) is 2.56. The minimum absolute atomic E-state index is 0. The van der Waals surface area contributed by atoms with Gasteiger partial charge < -0.3 is 15.1 Å². The highest BCUT2D eigenvalue weighted by Crippen LogP contribution is 2.15. The first kappa shape index (κ1) is 20.2. The van der Waals surface area contributed by atoms with Crippen molar-refractivity contribution < 1.29 is 0 Å². The molecule has 1 aliphatic rings. The third-order valence-corrected chi connectivity index (χ3v) is 4.44. The quantitative estimate of drug-likeness (QED) is 0.443. The second kappa shape index (κ2) is 10.9. The average molecular weight is 430 g/mol. The summed E-state index contributed by atoms with van der Waals surface area (Å²) < 4.78 is 0. The highest BCUT2D eigenvalue weighted by molar-refractivity contribution is 14.0. The van der Waals surface area contributed by atoms with Gasteiger partial charge in [-0.05, 0) is 37.4 Å². The van der Waals surface area contributed by atoms with Gasteiger partial charge in [-0.15, -0.1) is 24.0 Å². The molecule has 0 radical (unpaired) electrons. The van der Waals surface area contributed by atoms with E-state index in [1.165, 1.54) is 38.0 Å². The van der Waals surface area contributed by atoms with Crippen LogP contribution in [0, 0.1) is 5.92 Å². The molecule has 0 amide bonds. The molecule has 1 saturated heterocycles. The first-order valence-corrected chi connectivity index (χ1v) is 8.41. The molecule has 0 bridgehead atoms. The zero-order chi connectivity index (χ0) is 15.8. The minimum atomic E-state index is 0. The van der Waals surface area contributed by atoms with E-state index in [1.807, 2.05) is 7.05 Å². The van der Waals surface area contributed by atoms with Crippen molar-refractivity contribution in [2.24, 2.45) is 10.9 Å². The van der Waals surface area contributed by atoms with Crippen LogP contribution in [0.4, 0.5) is 0 Å². The van der Waals surface area contributed by atoms with Crippen LogP contribution >= 0.6 is 24.0 Å². The standard InChI is InChI=1S/C18H30N4.HI/c1-4-22-12-8-11-17(15-22)13-20-18(19-2)21(3)14-16-9-6-5-7-10-16;/h5-7,9-10,17H,4,8,11-15H2,1-3H3,(H,19,20);1H. The zero-order valence-electron chi connectivity index (χ0n) is 14.7. The highest BCUT2D eigenvalue weighted by Gasteiger charge is 2.19. The van der Waals surface area contributed by atoms with E-state index in [-0.39, 0.29) is 24.0 Å². The lowest BCUT2D eigenvalue weighted by Crippen LogP contribution is -2.44. The number of nitrogens with zero attached hydrogens (tertiary/aromatic N) is 3. The van der Waals surface area contributed by atoms with E-state index in [0.29, 0.717) is 0 Å². The van der Waals surface area contributed by atoms with Crippen LogP contribution in [-0.4, -0.2) is 56.0 Å². The van der Waals surface area contributed by atoms with E-state index in [1.54, 1.807) is 0 Å². The van der Waals surface area contributed by atoms with Gasteiger partial charge in [0.2, 0.25) is 0 Å². The summed E-state index contributed by atoms with van der Waals surface area (Å²) in [6, 6.07) is 10.5. The van der Waals surface area contributed by atoms with Crippen molar-refractivity contribution >= 4 is 29.9 Å². The molecule has 1 aliphatic heterocycles. The van der Waals surface area contributed by atoms with Crippen LogP contribution in [0.2, 0.25) is 0 Å². The number of benzene rings is 1. The van der Waals surface area contributed by atoms with Crippen LogP contribution < -0.4 is 5.32 Å². The number of nitrogens with one attached hydrogen (secondary N) is 1. The van der Waals surface area contributed by atoms with E-state index in [4.69, 9.17) is 0 Å².